The molecule has 22 N–H and O–H groups in total. The van der Waals surface area contributed by atoms with Gasteiger partial charge >= 0.3 is 0 Å². The second kappa shape index (κ2) is 38.8. The van der Waals surface area contributed by atoms with Gasteiger partial charge in [-0.15, -0.1) is 0 Å². The number of amides is 6. The monoisotopic (exact) mass is 1860 g/mol. The van der Waals surface area contributed by atoms with Crippen molar-refractivity contribution < 1.29 is 152 Å². The summed E-state index contributed by atoms with van der Waals surface area (Å²) in [6, 6.07) is 24.0. The first kappa shape index (κ1) is 92.8. The summed E-state index contributed by atoms with van der Waals surface area (Å²) in [5.41, 5.74) is 5.66. The van der Waals surface area contributed by atoms with Crippen molar-refractivity contribution in [3.05, 3.63) is 212 Å². The lowest BCUT2D eigenvalue weighted by molar-refractivity contribution is -0.284. The van der Waals surface area contributed by atoms with Crippen molar-refractivity contribution in [2.45, 2.75) is 180 Å². The number of phenolic OH excluding ortho intramolecular Hbond substituents is 4. The number of carbonyl (C=O) groups is 8. The van der Waals surface area contributed by atoms with E-state index in [4.69, 9.17) is 71.6 Å². The van der Waals surface area contributed by atoms with Crippen LogP contribution in [-0.4, -0.2) is 242 Å². The number of hydrogen-bond donors (Lipinski definition) is 21. The molecular weight excluding hydrogens is 1770 g/mol. The van der Waals surface area contributed by atoms with E-state index in [2.05, 4.69) is 31.9 Å². The zero-order chi connectivity index (χ0) is 93.7. The first-order valence-electron chi connectivity index (χ1n) is 41.9. The smallest absolute Gasteiger partial charge is 0.245 e. The number of aliphatic hydroxyl groups is 10. The molecule has 9 heterocycles. The van der Waals surface area contributed by atoms with Crippen molar-refractivity contribution in [1.29, 1.82) is 0 Å². The number of halogens is 2. The van der Waals surface area contributed by atoms with Crippen LogP contribution in [0.4, 0.5) is 0 Å². The number of hydrogen-bond acceptors (Lipinski definition) is 32. The summed E-state index contributed by atoms with van der Waals surface area (Å²) in [7, 11) is 0. The molecule has 9 aromatic carbocycles. The average molecular weight is 1860 g/mol. The van der Waals surface area contributed by atoms with E-state index in [1.54, 1.807) is 0 Å². The van der Waals surface area contributed by atoms with Gasteiger partial charge in [0.15, 0.2) is 40.9 Å². The number of aryl methyl sites for hydroxylation is 1. The van der Waals surface area contributed by atoms with Gasteiger partial charge in [-0.2, -0.15) is 0 Å². The largest absolute Gasteiger partial charge is 0.508 e. The number of benzene rings is 9. The van der Waals surface area contributed by atoms with Crippen molar-refractivity contribution in [3.8, 4) is 80.1 Å². The standard InChI is InChI=1S/C92H91Cl2N7O31/c1-37(105)97-74-80(116)77(113)67(34-102)128-90(74)131-84-44-12-16-62(55(94)25-44)126-66-28-46-27-65(85(66)132-91-75(81(117)78(114)68(35-103)129-91)99-70(112)17-8-38-6-9-40-4-2-3-5-41(40)18-38)125-61-15-7-39(19-54(61)93)20-56-59(110)31-52(45-21-48(106)29-50(23-45)124-63-26-43(11-14-58(63)109)72(95)88(122)98-56)87(121)100-73(46)60(111)32-51-42-10-13-57(108)53(24-42)71-47(33-96-89(123)76(84)101-86(51)120)22-49(107)30-64(71)127-92-83(119)82(118)79(115)69(36-104)130-92/h2-7,9-16,18-19,21-30,51-52,56,67-69,72-84,90-92,102-104,106-109,113-119H,8,17,20,31-36,95H2,1H3,(H,96,123)(H,97,105)(H,98,122)(H,99,112)(H,100,121)(H,101,120)/t51-,52+,56-,67?,68?,69?,72-,73-,74?,75?,76+,77-,78-,79-,80-,81-,82?,83-,84-,90+,91+,92+/m1/s1. The molecule has 6 unspecified atom stereocenters. The van der Waals surface area contributed by atoms with Crippen LogP contribution < -0.4 is 61.3 Å². The van der Waals surface area contributed by atoms with Gasteiger partial charge in [-0.1, -0.05) is 89.9 Å². The number of carbonyl (C=O) groups excluding carboxylic acids is 8. The maximum absolute atomic E-state index is 17.1. The van der Waals surface area contributed by atoms with Gasteiger partial charge in [0, 0.05) is 56.0 Å². The molecule has 9 aliphatic heterocycles. The highest BCUT2D eigenvalue weighted by molar-refractivity contribution is 6.32. The lowest BCUT2D eigenvalue weighted by atomic mass is 9.85. The fraction of sp³-hybridized carbons (Fsp3) is 0.348. The molecule has 9 aliphatic rings. The van der Waals surface area contributed by atoms with Gasteiger partial charge in [-0.3, -0.25) is 38.4 Å². The minimum atomic E-state index is -2.31. The molecule has 132 heavy (non-hydrogen) atoms. The lowest BCUT2D eigenvalue weighted by Gasteiger charge is -2.44. The fourth-order valence-corrected chi connectivity index (χ4v) is 17.7. The number of ether oxygens (including phenoxy) is 9. The van der Waals surface area contributed by atoms with E-state index >= 15 is 24.0 Å². The van der Waals surface area contributed by atoms with E-state index in [1.165, 1.54) is 60.7 Å². The van der Waals surface area contributed by atoms with Crippen LogP contribution in [0.25, 0.3) is 21.9 Å². The summed E-state index contributed by atoms with van der Waals surface area (Å²) >= 11 is 14.8. The van der Waals surface area contributed by atoms with Crippen molar-refractivity contribution >= 4 is 81.0 Å². The van der Waals surface area contributed by atoms with Gasteiger partial charge in [0.2, 0.25) is 53.8 Å². The lowest BCUT2D eigenvalue weighted by Crippen LogP contribution is -2.65. The third-order valence-corrected chi connectivity index (χ3v) is 24.8. The van der Waals surface area contributed by atoms with Crippen molar-refractivity contribution in [1.82, 2.24) is 31.9 Å². The van der Waals surface area contributed by atoms with E-state index in [0.717, 1.165) is 77.9 Å². The molecular formula is C92H91Cl2N7O31. The molecule has 0 radical (unpaired) electrons. The molecule has 3 fully saturated rings. The highest BCUT2D eigenvalue weighted by atomic mass is 35.5. The number of nitrogens with two attached hydrogens (primary N) is 1. The Balaban J connectivity index is 0.928. The molecule has 0 aromatic heterocycles. The SMILES string of the molecule is CC(=O)NC1[C@H](O[C@@H]2c3ccc(c(Cl)c3)Oc3cc4cc(c3O[C@@H]3OC(CO)[C@@H](O)[C@H](O)C3NC(=O)CCc3ccc5ccccc5c3)Oc3ccc(cc3Cl)C[C@H]3NC(=O)[C@H](N)c5ccc(O)c(c5)Oc5cc(O)cc(c5)[C@H](CC3=O)C(=O)N[C@H]4C(=O)C[C@H]3C(=O)N[C@@H]2C(=O)NCc2cc(O)cc(O[C@H]4OC(CO)[C@@H](O)C(O)[C@H]4O)c2-c2cc3ccc2O)OC(CO)[C@@H](O)[C@@H]1O. The number of nitrogens with one attached hydrogen (secondary N) is 6. The van der Waals surface area contributed by atoms with Crippen LogP contribution in [0.15, 0.2) is 158 Å². The maximum atomic E-state index is 17.1. The predicted octanol–water partition coefficient (Wildman–Crippen LogP) is 2.95. The molecule has 17 bridgehead atoms. The van der Waals surface area contributed by atoms with Crippen LogP contribution >= 0.6 is 23.2 Å². The van der Waals surface area contributed by atoms with Gasteiger partial charge in [-0.25, -0.2) is 0 Å². The summed E-state index contributed by atoms with van der Waals surface area (Å²) in [5, 5.41) is 177. The van der Waals surface area contributed by atoms with Crippen LogP contribution in [0.3, 0.4) is 0 Å². The Bertz CT molecular complexity index is 5990. The van der Waals surface area contributed by atoms with E-state index in [0.29, 0.717) is 0 Å². The summed E-state index contributed by atoms with van der Waals surface area (Å²) < 4.78 is 58.1. The summed E-state index contributed by atoms with van der Waals surface area (Å²) in [5.74, 6) is -18.6. The topological polar surface area (TPSA) is 601 Å². The third-order valence-electron chi connectivity index (χ3n) is 24.2. The summed E-state index contributed by atoms with van der Waals surface area (Å²) in [6.45, 7) is -2.70. The minimum absolute atomic E-state index is 0.0676. The number of fused-ring (bicyclic) bond motifs is 15. The number of aliphatic hydroxyl groups excluding tert-OH is 10. The Morgan fingerprint density at radius 1 is 0.500 bits per heavy atom. The molecule has 6 amide bonds. The van der Waals surface area contributed by atoms with Gasteiger partial charge < -0.3 is 152 Å². The summed E-state index contributed by atoms with van der Waals surface area (Å²) in [4.78, 5) is 125. The van der Waals surface area contributed by atoms with Crippen LogP contribution in [0.1, 0.15) is 101 Å². The second-order valence-electron chi connectivity index (χ2n) is 33.1. The number of rotatable bonds is 14. The van der Waals surface area contributed by atoms with Crippen LogP contribution in [-0.2, 0) is 76.7 Å². The van der Waals surface area contributed by atoms with E-state index < -0.39 is 289 Å². The molecule has 9 aromatic rings. The van der Waals surface area contributed by atoms with Gasteiger partial charge in [0.25, 0.3) is 0 Å². The number of aromatic hydroxyl groups is 4. The normalized spacial score (nSPS) is 28.4. The first-order chi connectivity index (χ1) is 63.2. The molecule has 694 valence electrons. The molecule has 40 heteroatoms. The Kier molecular flexibility index (Phi) is 27.3. The predicted molar refractivity (Wildman–Crippen MR) is 459 cm³/mol. The van der Waals surface area contributed by atoms with Gasteiger partial charge in [-0.05, 0) is 147 Å². The maximum Gasteiger partial charge on any atom is 0.245 e. The molecule has 38 nitrogen and oxygen atoms in total. The van der Waals surface area contributed by atoms with Crippen LogP contribution in [0.2, 0.25) is 10.0 Å². The number of ketones is 2. The Hall–Kier alpha value is -12.4. The molecule has 0 aliphatic carbocycles. The highest BCUT2D eigenvalue weighted by Crippen LogP contribution is 2.51. The molecule has 0 spiro atoms. The quantitative estimate of drug-likeness (QED) is 0.0744. The van der Waals surface area contributed by atoms with Gasteiger partial charge in [0.1, 0.15) is 138 Å². The van der Waals surface area contributed by atoms with Crippen molar-refractivity contribution in [2.75, 3.05) is 19.8 Å². The average Bonchev–Trinajstić information content (AvgIpc) is 0.764. The zero-order valence-electron chi connectivity index (χ0n) is 69.6. The van der Waals surface area contributed by atoms with Crippen molar-refractivity contribution in [2.24, 2.45) is 5.73 Å². The van der Waals surface area contributed by atoms with Crippen molar-refractivity contribution in [3.63, 3.8) is 0 Å². The fourth-order valence-electron chi connectivity index (χ4n) is 17.2. The first-order valence-corrected chi connectivity index (χ1v) is 42.7. The van der Waals surface area contributed by atoms with E-state index in [1.807, 2.05) is 42.5 Å². The number of Topliss-reactive ketones (excluding diaryl/α,β-unsaturated/α-hetero) is 2. The van der Waals surface area contributed by atoms with Crippen LogP contribution in [0.5, 0.6) is 69.0 Å². The molecule has 18 rings (SSSR count). The Labute approximate surface area is 759 Å². The molecule has 22 atom stereocenters. The zero-order valence-corrected chi connectivity index (χ0v) is 71.1. The minimum Gasteiger partial charge on any atom is -0.508 e. The Morgan fingerprint density at radius 2 is 1.11 bits per heavy atom. The third kappa shape index (κ3) is 19.3. The highest BCUT2D eigenvalue weighted by Gasteiger charge is 2.52. The van der Waals surface area contributed by atoms with Gasteiger partial charge in [0.05, 0.1) is 47.7 Å². The van der Waals surface area contributed by atoms with E-state index in [9.17, 15) is 85.9 Å². The van der Waals surface area contributed by atoms with Crippen LogP contribution in [0, 0.1) is 0 Å². The number of phenols is 4. The molecule has 0 saturated carbocycles. The Morgan fingerprint density at radius 3 is 1.80 bits per heavy atom. The van der Waals surface area contributed by atoms with E-state index in [-0.39, 0.29) is 79.6 Å². The second-order valence-corrected chi connectivity index (χ2v) is 33.9. The summed E-state index contributed by atoms with van der Waals surface area (Å²) in [6.07, 6.45) is -30.1. The molecule has 3 saturated heterocycles.